The number of benzene rings is 1. The Morgan fingerprint density at radius 2 is 2.17 bits per heavy atom. The molecular formula is C17H25FN2O3. The summed E-state index contributed by atoms with van der Waals surface area (Å²) >= 11 is 0. The van der Waals surface area contributed by atoms with Crippen molar-refractivity contribution in [1.29, 1.82) is 0 Å². The summed E-state index contributed by atoms with van der Waals surface area (Å²) in [6.45, 7) is 4.99. The summed E-state index contributed by atoms with van der Waals surface area (Å²) in [5.74, 6) is -0.286. The lowest BCUT2D eigenvalue weighted by molar-refractivity contribution is -0.128. The number of carbonyl (C=O) groups excluding carboxylic acids is 1. The third-order valence-electron chi connectivity index (χ3n) is 4.07. The largest absolute Gasteiger partial charge is 0.396 e. The number of ether oxygens (including phenoxy) is 1. The molecule has 128 valence electrons. The Morgan fingerprint density at radius 3 is 2.83 bits per heavy atom. The summed E-state index contributed by atoms with van der Waals surface area (Å²) in [4.78, 5) is 14.7. The van der Waals surface area contributed by atoms with Crippen molar-refractivity contribution in [2.24, 2.45) is 5.92 Å². The standard InChI is InChI=1S/C17H25FN2O3/c1-13(5-8-21)12-19-17(22)16(20-6-9-23-10-7-20)14-3-2-4-15(18)11-14/h2-4,11,13,16,21H,5-10,12H2,1H3,(H,19,22). The highest BCUT2D eigenvalue weighted by molar-refractivity contribution is 5.83. The number of aliphatic hydroxyl groups is 1. The third-order valence-corrected chi connectivity index (χ3v) is 4.07. The minimum absolute atomic E-state index is 0.105. The number of amides is 1. The van der Waals surface area contributed by atoms with Crippen LogP contribution in [0.1, 0.15) is 24.9 Å². The molecule has 2 atom stereocenters. The molecule has 2 rings (SSSR count). The summed E-state index contributed by atoms with van der Waals surface area (Å²) in [5, 5.41) is 11.9. The summed E-state index contributed by atoms with van der Waals surface area (Å²) in [6.07, 6.45) is 0.641. The maximum absolute atomic E-state index is 13.6. The topological polar surface area (TPSA) is 61.8 Å². The van der Waals surface area contributed by atoms with Gasteiger partial charge >= 0.3 is 0 Å². The van der Waals surface area contributed by atoms with Crippen LogP contribution in [-0.2, 0) is 9.53 Å². The summed E-state index contributed by atoms with van der Waals surface area (Å²) in [5.41, 5.74) is 0.652. The number of halogens is 1. The number of hydrogen-bond donors (Lipinski definition) is 2. The number of carbonyl (C=O) groups is 1. The molecule has 0 aliphatic carbocycles. The number of aliphatic hydroxyl groups excluding tert-OH is 1. The number of nitrogens with zero attached hydrogens (tertiary/aromatic N) is 1. The van der Waals surface area contributed by atoms with Gasteiger partial charge in [-0.15, -0.1) is 0 Å². The molecular weight excluding hydrogens is 299 g/mol. The van der Waals surface area contributed by atoms with Gasteiger partial charge in [-0.3, -0.25) is 9.69 Å². The first-order chi connectivity index (χ1) is 11.1. The predicted molar refractivity (Wildman–Crippen MR) is 85.4 cm³/mol. The Bertz CT molecular complexity index is 506. The van der Waals surface area contributed by atoms with Crippen molar-refractivity contribution in [3.05, 3.63) is 35.6 Å². The number of morpholine rings is 1. The first-order valence-corrected chi connectivity index (χ1v) is 8.07. The highest BCUT2D eigenvalue weighted by Gasteiger charge is 2.29. The average Bonchev–Trinajstić information content (AvgIpc) is 2.55. The van der Waals surface area contributed by atoms with Crippen molar-refractivity contribution >= 4 is 5.91 Å². The highest BCUT2D eigenvalue weighted by Crippen LogP contribution is 2.23. The van der Waals surface area contributed by atoms with E-state index in [-0.39, 0.29) is 24.2 Å². The van der Waals surface area contributed by atoms with E-state index in [1.54, 1.807) is 12.1 Å². The molecule has 1 saturated heterocycles. The van der Waals surface area contributed by atoms with Crippen molar-refractivity contribution < 1.29 is 19.0 Å². The first kappa shape index (κ1) is 17.8. The van der Waals surface area contributed by atoms with E-state index in [0.29, 0.717) is 44.8 Å². The normalized spacial score (nSPS) is 18.4. The first-order valence-electron chi connectivity index (χ1n) is 8.07. The molecule has 1 aliphatic rings. The summed E-state index contributed by atoms with van der Waals surface area (Å²) in [7, 11) is 0. The molecule has 5 nitrogen and oxygen atoms in total. The van der Waals surface area contributed by atoms with Crippen LogP contribution in [0.3, 0.4) is 0 Å². The lowest BCUT2D eigenvalue weighted by Gasteiger charge is -2.34. The van der Waals surface area contributed by atoms with Crippen LogP contribution in [0.5, 0.6) is 0 Å². The molecule has 1 heterocycles. The fraction of sp³-hybridized carbons (Fsp3) is 0.588. The number of hydrogen-bond acceptors (Lipinski definition) is 4. The molecule has 2 N–H and O–H groups in total. The van der Waals surface area contributed by atoms with Crippen LogP contribution in [0.15, 0.2) is 24.3 Å². The quantitative estimate of drug-likeness (QED) is 0.794. The number of nitrogens with one attached hydrogen (secondary N) is 1. The van der Waals surface area contributed by atoms with Gasteiger partial charge in [0.15, 0.2) is 0 Å². The molecule has 0 saturated carbocycles. The maximum Gasteiger partial charge on any atom is 0.241 e. The SMILES string of the molecule is CC(CCO)CNC(=O)C(c1cccc(F)c1)N1CCOCC1. The van der Waals surface area contributed by atoms with Gasteiger partial charge in [-0.1, -0.05) is 19.1 Å². The van der Waals surface area contributed by atoms with Crippen molar-refractivity contribution in [3.63, 3.8) is 0 Å². The summed E-state index contributed by atoms with van der Waals surface area (Å²) in [6, 6.07) is 5.67. The number of rotatable bonds is 7. The van der Waals surface area contributed by atoms with E-state index in [4.69, 9.17) is 9.84 Å². The lowest BCUT2D eigenvalue weighted by atomic mass is 10.0. The molecule has 6 heteroatoms. The van der Waals surface area contributed by atoms with E-state index in [1.165, 1.54) is 12.1 Å². The smallest absolute Gasteiger partial charge is 0.241 e. The highest BCUT2D eigenvalue weighted by atomic mass is 19.1. The van der Waals surface area contributed by atoms with E-state index in [9.17, 15) is 9.18 Å². The van der Waals surface area contributed by atoms with Crippen molar-refractivity contribution in [3.8, 4) is 0 Å². The van der Waals surface area contributed by atoms with Crippen LogP contribution in [0.2, 0.25) is 0 Å². The fourth-order valence-electron chi connectivity index (χ4n) is 2.73. The third kappa shape index (κ3) is 5.27. The Hall–Kier alpha value is -1.50. The molecule has 0 spiro atoms. The maximum atomic E-state index is 13.6. The van der Waals surface area contributed by atoms with Gasteiger partial charge < -0.3 is 15.2 Å². The van der Waals surface area contributed by atoms with E-state index in [0.717, 1.165) is 0 Å². The fourth-order valence-corrected chi connectivity index (χ4v) is 2.73. The van der Waals surface area contributed by atoms with Crippen molar-refractivity contribution in [2.75, 3.05) is 39.5 Å². The van der Waals surface area contributed by atoms with Gasteiger partial charge in [0, 0.05) is 26.2 Å². The molecule has 1 fully saturated rings. The zero-order chi connectivity index (χ0) is 16.7. The van der Waals surface area contributed by atoms with Crippen molar-refractivity contribution in [2.45, 2.75) is 19.4 Å². The van der Waals surface area contributed by atoms with Crippen LogP contribution >= 0.6 is 0 Å². The minimum Gasteiger partial charge on any atom is -0.396 e. The molecule has 0 aromatic heterocycles. The molecule has 0 radical (unpaired) electrons. The zero-order valence-electron chi connectivity index (χ0n) is 13.5. The van der Waals surface area contributed by atoms with E-state index in [2.05, 4.69) is 5.32 Å². The van der Waals surface area contributed by atoms with E-state index >= 15 is 0 Å². The van der Waals surface area contributed by atoms with Gasteiger partial charge in [0.2, 0.25) is 5.91 Å². The average molecular weight is 324 g/mol. The summed E-state index contributed by atoms with van der Waals surface area (Å²) < 4.78 is 18.9. The second-order valence-corrected chi connectivity index (χ2v) is 5.97. The minimum atomic E-state index is -0.518. The molecule has 1 amide bonds. The van der Waals surface area contributed by atoms with Gasteiger partial charge in [-0.25, -0.2) is 4.39 Å². The molecule has 1 aromatic carbocycles. The van der Waals surface area contributed by atoms with Crippen LogP contribution in [0.4, 0.5) is 4.39 Å². The Labute approximate surface area is 136 Å². The van der Waals surface area contributed by atoms with Gasteiger partial charge in [0.25, 0.3) is 0 Å². The molecule has 1 aliphatic heterocycles. The predicted octanol–water partition coefficient (Wildman–Crippen LogP) is 1.33. The Kier molecular flexibility index (Phi) is 6.95. The van der Waals surface area contributed by atoms with Crippen LogP contribution < -0.4 is 5.32 Å². The van der Waals surface area contributed by atoms with E-state index < -0.39 is 6.04 Å². The van der Waals surface area contributed by atoms with Gasteiger partial charge in [0.05, 0.1) is 13.2 Å². The molecule has 1 aromatic rings. The van der Waals surface area contributed by atoms with Gasteiger partial charge in [-0.2, -0.15) is 0 Å². The molecule has 0 bridgehead atoms. The lowest BCUT2D eigenvalue weighted by Crippen LogP contribution is -2.46. The second kappa shape index (κ2) is 8.96. The van der Waals surface area contributed by atoms with Gasteiger partial charge in [-0.05, 0) is 30.0 Å². The van der Waals surface area contributed by atoms with E-state index in [1.807, 2.05) is 11.8 Å². The Balaban J connectivity index is 2.10. The zero-order valence-corrected chi connectivity index (χ0v) is 13.5. The van der Waals surface area contributed by atoms with Crippen LogP contribution in [0, 0.1) is 11.7 Å². The monoisotopic (exact) mass is 324 g/mol. The molecule has 2 unspecified atom stereocenters. The molecule has 23 heavy (non-hydrogen) atoms. The Morgan fingerprint density at radius 1 is 1.43 bits per heavy atom. The van der Waals surface area contributed by atoms with Gasteiger partial charge in [0.1, 0.15) is 11.9 Å². The van der Waals surface area contributed by atoms with Crippen LogP contribution in [-0.4, -0.2) is 55.4 Å². The second-order valence-electron chi connectivity index (χ2n) is 5.97. The van der Waals surface area contributed by atoms with Crippen molar-refractivity contribution in [1.82, 2.24) is 10.2 Å². The van der Waals surface area contributed by atoms with Crippen LogP contribution in [0.25, 0.3) is 0 Å².